The third kappa shape index (κ3) is 4.28. The molecule has 18 heavy (non-hydrogen) atoms. The van der Waals surface area contributed by atoms with E-state index in [2.05, 4.69) is 20.4 Å². The molecule has 0 aromatic carbocycles. The van der Waals surface area contributed by atoms with Gasteiger partial charge in [-0.1, -0.05) is 13.3 Å². The lowest BCUT2D eigenvalue weighted by Crippen LogP contribution is -2.28. The molecule has 9 heteroatoms. The fraction of sp³-hybridized carbons (Fsp3) is 0.667. The highest BCUT2D eigenvalue weighted by Crippen LogP contribution is 2.10. The van der Waals surface area contributed by atoms with Gasteiger partial charge in [-0.25, -0.2) is 5.48 Å². The van der Waals surface area contributed by atoms with Gasteiger partial charge < -0.3 is 15.9 Å². The third-order valence-corrected chi connectivity index (χ3v) is 2.03. The first-order chi connectivity index (χ1) is 8.71. The molecule has 0 aliphatic rings. The number of nitrogens with zero attached hydrogens (tertiary/aromatic N) is 4. The van der Waals surface area contributed by atoms with Gasteiger partial charge in [0.1, 0.15) is 13.5 Å². The van der Waals surface area contributed by atoms with Crippen LogP contribution in [-0.4, -0.2) is 45.2 Å². The first-order valence-corrected chi connectivity index (χ1v) is 5.57. The molecule has 0 atom stereocenters. The van der Waals surface area contributed by atoms with Gasteiger partial charge in [0.2, 0.25) is 11.9 Å². The van der Waals surface area contributed by atoms with Crippen LogP contribution in [0.2, 0.25) is 0 Å². The summed E-state index contributed by atoms with van der Waals surface area (Å²) in [5, 5.41) is 18.0. The number of aromatic nitrogens is 3. The van der Waals surface area contributed by atoms with Crippen molar-refractivity contribution in [2.75, 3.05) is 36.2 Å². The van der Waals surface area contributed by atoms with Crippen molar-refractivity contribution in [1.82, 2.24) is 15.0 Å². The Labute approximate surface area is 105 Å². The van der Waals surface area contributed by atoms with E-state index in [0.717, 1.165) is 17.7 Å². The second-order valence-electron chi connectivity index (χ2n) is 3.44. The smallest absolute Gasteiger partial charge is 0.253 e. The van der Waals surface area contributed by atoms with Gasteiger partial charge >= 0.3 is 0 Å². The highest BCUT2D eigenvalue weighted by molar-refractivity contribution is 5.40. The number of aliphatic hydroxyl groups is 2. The molecule has 0 bridgehead atoms. The van der Waals surface area contributed by atoms with Gasteiger partial charge in [0.15, 0.2) is 0 Å². The summed E-state index contributed by atoms with van der Waals surface area (Å²) in [4.78, 5) is 17.8. The Bertz CT molecular complexity index is 360. The number of hydrogen-bond donors (Lipinski definition) is 4. The topological polar surface area (TPSA) is 130 Å². The number of rotatable bonds is 8. The monoisotopic (exact) mass is 258 g/mol. The molecular weight excluding hydrogens is 240 g/mol. The molecule has 1 rings (SSSR count). The Morgan fingerprint density at radius 1 is 1.28 bits per heavy atom. The van der Waals surface area contributed by atoms with Crippen molar-refractivity contribution in [1.29, 1.82) is 0 Å². The highest BCUT2D eigenvalue weighted by atomic mass is 16.6. The van der Waals surface area contributed by atoms with Gasteiger partial charge in [-0.15, -0.1) is 0 Å². The van der Waals surface area contributed by atoms with E-state index in [4.69, 9.17) is 20.8 Å². The van der Waals surface area contributed by atoms with Crippen LogP contribution in [0.4, 0.5) is 17.8 Å². The van der Waals surface area contributed by atoms with E-state index in [0.29, 0.717) is 6.61 Å². The molecule has 1 aromatic heterocycles. The summed E-state index contributed by atoms with van der Waals surface area (Å²) in [5.74, 6) is 0.156. The van der Waals surface area contributed by atoms with Gasteiger partial charge in [-0.05, 0) is 6.42 Å². The number of aliphatic hydroxyl groups excluding tert-OH is 2. The zero-order valence-electron chi connectivity index (χ0n) is 10.2. The quantitative estimate of drug-likeness (QED) is 0.272. The summed E-state index contributed by atoms with van der Waals surface area (Å²) in [5.41, 5.74) is 8.02. The van der Waals surface area contributed by atoms with Crippen molar-refractivity contribution in [3.8, 4) is 0 Å². The number of nitrogens with one attached hydrogen (secondary N) is 1. The molecule has 0 spiro atoms. The third-order valence-electron chi connectivity index (χ3n) is 2.03. The van der Waals surface area contributed by atoms with Crippen molar-refractivity contribution in [2.45, 2.75) is 19.8 Å². The lowest BCUT2D eigenvalue weighted by atomic mass is 10.4. The minimum absolute atomic E-state index is 0.0338. The first-order valence-electron chi connectivity index (χ1n) is 5.57. The average Bonchev–Trinajstić information content (AvgIpc) is 2.36. The summed E-state index contributed by atoms with van der Waals surface area (Å²) in [6.07, 6.45) is 1.91. The molecule has 0 saturated carbocycles. The summed E-state index contributed by atoms with van der Waals surface area (Å²) in [7, 11) is 0. The van der Waals surface area contributed by atoms with Gasteiger partial charge in [0.25, 0.3) is 5.95 Å². The number of hydrogen-bond acceptors (Lipinski definition) is 9. The molecule has 9 nitrogen and oxygen atoms in total. The lowest BCUT2D eigenvalue weighted by Gasteiger charge is -2.17. The zero-order chi connectivity index (χ0) is 13.4. The van der Waals surface area contributed by atoms with Crippen molar-refractivity contribution < 1.29 is 15.1 Å². The van der Waals surface area contributed by atoms with Crippen LogP contribution in [0.3, 0.4) is 0 Å². The van der Waals surface area contributed by atoms with Crippen LogP contribution in [0.15, 0.2) is 0 Å². The summed E-state index contributed by atoms with van der Waals surface area (Å²) < 4.78 is 0. The minimum Gasteiger partial charge on any atom is -0.376 e. The van der Waals surface area contributed by atoms with Crippen LogP contribution in [0.1, 0.15) is 19.8 Å². The van der Waals surface area contributed by atoms with Crippen molar-refractivity contribution in [2.24, 2.45) is 0 Å². The predicted molar refractivity (Wildman–Crippen MR) is 65.4 cm³/mol. The van der Waals surface area contributed by atoms with E-state index < -0.39 is 13.5 Å². The number of unbranched alkanes of at least 4 members (excludes halogenated alkanes) is 1. The number of nitrogens with two attached hydrogens (primary N) is 1. The maximum absolute atomic E-state index is 8.98. The maximum atomic E-state index is 8.98. The van der Waals surface area contributed by atoms with E-state index in [1.807, 2.05) is 6.92 Å². The Kier molecular flexibility index (Phi) is 6.05. The number of nitrogen functional groups attached to an aromatic ring is 1. The van der Waals surface area contributed by atoms with Crippen molar-refractivity contribution in [3.05, 3.63) is 0 Å². The maximum Gasteiger partial charge on any atom is 0.253 e. The molecule has 0 aliphatic carbocycles. The fourth-order valence-electron chi connectivity index (χ4n) is 1.07. The minimum atomic E-state index is -0.434. The molecule has 0 fully saturated rings. The molecule has 5 N–H and O–H groups in total. The Hall–Kier alpha value is -1.71. The van der Waals surface area contributed by atoms with E-state index in [9.17, 15) is 0 Å². The van der Waals surface area contributed by atoms with Gasteiger partial charge in [0, 0.05) is 0 Å². The van der Waals surface area contributed by atoms with E-state index >= 15 is 0 Å². The average molecular weight is 258 g/mol. The highest BCUT2D eigenvalue weighted by Gasteiger charge is 2.10. The molecule has 1 heterocycles. The second-order valence-corrected chi connectivity index (χ2v) is 3.44. The Morgan fingerprint density at radius 2 is 2.00 bits per heavy atom. The van der Waals surface area contributed by atoms with Crippen LogP contribution in [0.5, 0.6) is 0 Å². The van der Waals surface area contributed by atoms with Crippen LogP contribution < -0.4 is 16.1 Å². The standard InChI is InChI=1S/C9H18N6O3/c1-2-3-4-18-14-8-11-7(10)12-9(13-8)15(5-16)6-17/h16-17H,2-6H2,1H3,(H3,10,11,12,13,14). The SMILES string of the molecule is CCCCONc1nc(N)nc(N(CO)CO)n1. The van der Waals surface area contributed by atoms with Crippen LogP contribution in [0, 0.1) is 0 Å². The summed E-state index contributed by atoms with van der Waals surface area (Å²) in [6, 6.07) is 0. The molecule has 0 unspecified atom stereocenters. The molecular formula is C9H18N6O3. The normalized spacial score (nSPS) is 10.4. The Morgan fingerprint density at radius 3 is 2.61 bits per heavy atom. The predicted octanol–water partition coefficient (Wildman–Crippen LogP) is -0.697. The Balaban J connectivity index is 2.68. The van der Waals surface area contributed by atoms with Crippen molar-refractivity contribution >= 4 is 17.8 Å². The van der Waals surface area contributed by atoms with Gasteiger partial charge in [-0.3, -0.25) is 9.74 Å². The van der Waals surface area contributed by atoms with Gasteiger partial charge in [-0.2, -0.15) is 15.0 Å². The molecule has 0 amide bonds. The summed E-state index contributed by atoms with van der Waals surface area (Å²) in [6.45, 7) is 1.69. The second kappa shape index (κ2) is 7.58. The van der Waals surface area contributed by atoms with E-state index in [1.165, 1.54) is 0 Å². The van der Waals surface area contributed by atoms with E-state index in [1.54, 1.807) is 0 Å². The van der Waals surface area contributed by atoms with Crippen LogP contribution >= 0.6 is 0 Å². The number of anilines is 3. The van der Waals surface area contributed by atoms with Gasteiger partial charge in [0.05, 0.1) is 6.61 Å². The van der Waals surface area contributed by atoms with Crippen LogP contribution in [0.25, 0.3) is 0 Å². The zero-order valence-corrected chi connectivity index (χ0v) is 10.2. The molecule has 102 valence electrons. The van der Waals surface area contributed by atoms with E-state index in [-0.39, 0.29) is 17.8 Å². The molecule has 0 saturated heterocycles. The fourth-order valence-corrected chi connectivity index (χ4v) is 1.07. The summed E-state index contributed by atoms with van der Waals surface area (Å²) >= 11 is 0. The first kappa shape index (κ1) is 14.4. The van der Waals surface area contributed by atoms with Crippen LogP contribution in [-0.2, 0) is 4.84 Å². The largest absolute Gasteiger partial charge is 0.376 e. The lowest BCUT2D eigenvalue weighted by molar-refractivity contribution is 0.186. The molecule has 0 aliphatic heterocycles. The van der Waals surface area contributed by atoms with Crippen molar-refractivity contribution in [3.63, 3.8) is 0 Å². The molecule has 0 radical (unpaired) electrons. The molecule has 1 aromatic rings.